The van der Waals surface area contributed by atoms with E-state index in [-0.39, 0.29) is 18.4 Å². The number of rotatable bonds is 6. The molecular formula is C13H18N2O2S. The largest absolute Gasteiger partial charge is 0.347 e. The zero-order valence-corrected chi connectivity index (χ0v) is 11.5. The molecule has 0 fully saturated rings. The summed E-state index contributed by atoms with van der Waals surface area (Å²) >= 11 is 1.54. The Morgan fingerprint density at radius 3 is 2.50 bits per heavy atom. The van der Waals surface area contributed by atoms with Crippen molar-refractivity contribution in [3.63, 3.8) is 0 Å². The molecule has 18 heavy (non-hydrogen) atoms. The number of nitrogens with zero attached hydrogens (tertiary/aromatic N) is 1. The second-order valence-corrected chi connectivity index (χ2v) is 5.03. The number of carbonyl (C=O) groups excluding carboxylic acids is 2. The minimum absolute atomic E-state index is 0.0672. The molecule has 5 heteroatoms. The van der Waals surface area contributed by atoms with Crippen LogP contribution in [0.4, 0.5) is 0 Å². The Morgan fingerprint density at radius 2 is 1.89 bits per heavy atom. The van der Waals surface area contributed by atoms with E-state index >= 15 is 0 Å². The van der Waals surface area contributed by atoms with Crippen LogP contribution in [0.5, 0.6) is 0 Å². The zero-order chi connectivity index (χ0) is 13.4. The first-order chi connectivity index (χ1) is 8.59. The van der Waals surface area contributed by atoms with Crippen LogP contribution in [0.1, 0.15) is 5.56 Å². The SMILES string of the molecule is CN(C)C(=O)CNC(=O)CSCc1ccccc1. The highest BCUT2D eigenvalue weighted by Crippen LogP contribution is 2.10. The lowest BCUT2D eigenvalue weighted by Gasteiger charge is -2.10. The Labute approximate surface area is 112 Å². The number of nitrogens with one attached hydrogen (secondary N) is 1. The fourth-order valence-electron chi connectivity index (χ4n) is 1.22. The van der Waals surface area contributed by atoms with E-state index < -0.39 is 0 Å². The van der Waals surface area contributed by atoms with Gasteiger partial charge in [0.25, 0.3) is 0 Å². The molecule has 0 atom stereocenters. The van der Waals surface area contributed by atoms with Gasteiger partial charge >= 0.3 is 0 Å². The maximum absolute atomic E-state index is 11.5. The number of benzene rings is 1. The molecule has 0 heterocycles. The van der Waals surface area contributed by atoms with E-state index in [1.807, 2.05) is 30.3 Å². The molecule has 1 aromatic rings. The van der Waals surface area contributed by atoms with Gasteiger partial charge in [0.1, 0.15) is 0 Å². The maximum atomic E-state index is 11.5. The van der Waals surface area contributed by atoms with Gasteiger partial charge in [-0.1, -0.05) is 30.3 Å². The van der Waals surface area contributed by atoms with E-state index in [1.54, 1.807) is 14.1 Å². The summed E-state index contributed by atoms with van der Waals surface area (Å²) in [7, 11) is 3.33. The minimum Gasteiger partial charge on any atom is -0.347 e. The molecule has 0 aliphatic heterocycles. The predicted molar refractivity (Wildman–Crippen MR) is 74.3 cm³/mol. The number of carbonyl (C=O) groups is 2. The average Bonchev–Trinajstić information content (AvgIpc) is 2.37. The van der Waals surface area contributed by atoms with Crippen LogP contribution in [-0.2, 0) is 15.3 Å². The van der Waals surface area contributed by atoms with Crippen LogP contribution in [-0.4, -0.2) is 43.1 Å². The fourth-order valence-corrected chi connectivity index (χ4v) is 2.04. The molecule has 0 saturated heterocycles. The van der Waals surface area contributed by atoms with Gasteiger partial charge in [0.15, 0.2) is 0 Å². The summed E-state index contributed by atoms with van der Waals surface area (Å²) in [5.41, 5.74) is 1.19. The van der Waals surface area contributed by atoms with E-state index in [1.165, 1.54) is 22.2 Å². The summed E-state index contributed by atoms with van der Waals surface area (Å²) in [6, 6.07) is 9.98. The van der Waals surface area contributed by atoms with E-state index in [4.69, 9.17) is 0 Å². The molecule has 0 radical (unpaired) electrons. The molecular weight excluding hydrogens is 248 g/mol. The summed E-state index contributed by atoms with van der Waals surface area (Å²) in [6.07, 6.45) is 0. The van der Waals surface area contributed by atoms with Crippen LogP contribution in [0, 0.1) is 0 Å². The van der Waals surface area contributed by atoms with Gasteiger partial charge in [0, 0.05) is 19.8 Å². The highest BCUT2D eigenvalue weighted by molar-refractivity contribution is 7.99. The molecule has 4 nitrogen and oxygen atoms in total. The molecule has 0 unspecified atom stereocenters. The molecule has 0 bridgehead atoms. The van der Waals surface area contributed by atoms with Crippen LogP contribution in [0.25, 0.3) is 0 Å². The highest BCUT2D eigenvalue weighted by Gasteiger charge is 2.06. The predicted octanol–water partition coefficient (Wildman–Crippen LogP) is 1.12. The van der Waals surface area contributed by atoms with Crippen molar-refractivity contribution in [2.24, 2.45) is 0 Å². The van der Waals surface area contributed by atoms with Gasteiger partial charge < -0.3 is 10.2 Å². The topological polar surface area (TPSA) is 49.4 Å². The zero-order valence-electron chi connectivity index (χ0n) is 10.7. The summed E-state index contributed by atoms with van der Waals surface area (Å²) in [5.74, 6) is 0.966. The summed E-state index contributed by atoms with van der Waals surface area (Å²) < 4.78 is 0. The van der Waals surface area contributed by atoms with Crippen LogP contribution < -0.4 is 5.32 Å². The molecule has 0 aliphatic carbocycles. The Morgan fingerprint density at radius 1 is 1.22 bits per heavy atom. The van der Waals surface area contributed by atoms with Gasteiger partial charge in [0.05, 0.1) is 12.3 Å². The summed E-state index contributed by atoms with van der Waals surface area (Å²) in [6.45, 7) is 0.0672. The molecule has 1 aromatic carbocycles. The Bertz CT molecular complexity index is 393. The van der Waals surface area contributed by atoms with Crippen molar-refractivity contribution >= 4 is 23.6 Å². The molecule has 1 rings (SSSR count). The van der Waals surface area contributed by atoms with Crippen molar-refractivity contribution in [3.05, 3.63) is 35.9 Å². The normalized spacial score (nSPS) is 9.89. The summed E-state index contributed by atoms with van der Waals surface area (Å²) in [4.78, 5) is 24.2. The number of thioether (sulfide) groups is 1. The lowest BCUT2D eigenvalue weighted by molar-refractivity contribution is -0.130. The first-order valence-corrected chi connectivity index (χ1v) is 6.83. The smallest absolute Gasteiger partial charge is 0.241 e. The number of likely N-dealkylation sites (N-methyl/N-ethyl adjacent to an activating group) is 1. The van der Waals surface area contributed by atoms with Gasteiger partial charge in [-0.25, -0.2) is 0 Å². The quantitative estimate of drug-likeness (QED) is 0.839. The third-order valence-electron chi connectivity index (χ3n) is 2.28. The van der Waals surface area contributed by atoms with Crippen molar-refractivity contribution in [1.29, 1.82) is 0 Å². The molecule has 0 spiro atoms. The standard InChI is InChI=1S/C13H18N2O2S/c1-15(2)13(17)8-14-12(16)10-18-9-11-6-4-3-5-7-11/h3-7H,8-10H2,1-2H3,(H,14,16). The van der Waals surface area contributed by atoms with Crippen molar-refractivity contribution in [3.8, 4) is 0 Å². The second-order valence-electron chi connectivity index (χ2n) is 4.04. The molecule has 1 N–H and O–H groups in total. The van der Waals surface area contributed by atoms with Crippen molar-refractivity contribution in [2.75, 3.05) is 26.4 Å². The fraction of sp³-hybridized carbons (Fsp3) is 0.385. The first-order valence-electron chi connectivity index (χ1n) is 5.68. The van der Waals surface area contributed by atoms with E-state index in [0.29, 0.717) is 5.75 Å². The second kappa shape index (κ2) is 7.76. The molecule has 0 aromatic heterocycles. The Kier molecular flexibility index (Phi) is 6.28. The van der Waals surface area contributed by atoms with Gasteiger partial charge in [0.2, 0.25) is 11.8 Å². The Hall–Kier alpha value is -1.49. The summed E-state index contributed by atoms with van der Waals surface area (Å²) in [5, 5.41) is 2.60. The third-order valence-corrected chi connectivity index (χ3v) is 3.28. The van der Waals surface area contributed by atoms with Crippen molar-refractivity contribution < 1.29 is 9.59 Å². The monoisotopic (exact) mass is 266 g/mol. The van der Waals surface area contributed by atoms with Crippen LogP contribution in [0.3, 0.4) is 0 Å². The van der Waals surface area contributed by atoms with Gasteiger partial charge in [-0.05, 0) is 5.56 Å². The van der Waals surface area contributed by atoms with Crippen molar-refractivity contribution in [2.45, 2.75) is 5.75 Å². The lowest BCUT2D eigenvalue weighted by atomic mass is 10.2. The number of amides is 2. The molecule has 0 saturated carbocycles. The molecule has 2 amide bonds. The van der Waals surface area contributed by atoms with Gasteiger partial charge in [-0.3, -0.25) is 9.59 Å². The van der Waals surface area contributed by atoms with E-state index in [0.717, 1.165) is 5.75 Å². The van der Waals surface area contributed by atoms with Crippen LogP contribution in [0.2, 0.25) is 0 Å². The Balaban J connectivity index is 2.16. The first kappa shape index (κ1) is 14.6. The number of hydrogen-bond donors (Lipinski definition) is 1. The van der Waals surface area contributed by atoms with E-state index in [9.17, 15) is 9.59 Å². The van der Waals surface area contributed by atoms with Crippen LogP contribution >= 0.6 is 11.8 Å². The van der Waals surface area contributed by atoms with E-state index in [2.05, 4.69) is 5.32 Å². The number of hydrogen-bond acceptors (Lipinski definition) is 3. The van der Waals surface area contributed by atoms with Crippen LogP contribution in [0.15, 0.2) is 30.3 Å². The maximum Gasteiger partial charge on any atom is 0.241 e. The van der Waals surface area contributed by atoms with Crippen molar-refractivity contribution in [1.82, 2.24) is 10.2 Å². The molecule has 98 valence electrons. The average molecular weight is 266 g/mol. The van der Waals surface area contributed by atoms with Gasteiger partial charge in [-0.15, -0.1) is 11.8 Å². The lowest BCUT2D eigenvalue weighted by Crippen LogP contribution is -2.36. The third kappa shape index (κ3) is 5.72. The molecule has 0 aliphatic rings. The van der Waals surface area contributed by atoms with Gasteiger partial charge in [-0.2, -0.15) is 0 Å². The highest BCUT2D eigenvalue weighted by atomic mass is 32.2. The minimum atomic E-state index is -0.105.